The third kappa shape index (κ3) is 2.93. The van der Waals surface area contributed by atoms with Gasteiger partial charge in [0.05, 0.1) is 10.7 Å². The Morgan fingerprint density at radius 3 is 2.81 bits per heavy atom. The molecule has 0 aromatic heterocycles. The maximum absolute atomic E-state index is 13.6. The standard InChI is InChI=1S/C10H10BrClFNO2/c1-5(16-2)10(15)14-7-4-3-6(11)8(12)9(7)13/h3-5H,1-2H3,(H,14,15). The molecule has 0 heterocycles. The summed E-state index contributed by atoms with van der Waals surface area (Å²) in [5.74, 6) is -1.10. The lowest BCUT2D eigenvalue weighted by atomic mass is 10.3. The molecule has 1 aromatic rings. The highest BCUT2D eigenvalue weighted by Gasteiger charge is 2.16. The number of anilines is 1. The van der Waals surface area contributed by atoms with Crippen molar-refractivity contribution in [1.29, 1.82) is 0 Å². The van der Waals surface area contributed by atoms with Crippen molar-refractivity contribution in [2.24, 2.45) is 0 Å². The van der Waals surface area contributed by atoms with Gasteiger partial charge in [0.1, 0.15) is 6.10 Å². The van der Waals surface area contributed by atoms with Crippen molar-refractivity contribution < 1.29 is 13.9 Å². The molecular weight excluding hydrogens is 300 g/mol. The van der Waals surface area contributed by atoms with E-state index in [1.54, 1.807) is 13.0 Å². The summed E-state index contributed by atoms with van der Waals surface area (Å²) in [5, 5.41) is 2.32. The van der Waals surface area contributed by atoms with Gasteiger partial charge in [-0.3, -0.25) is 4.79 Å². The van der Waals surface area contributed by atoms with Gasteiger partial charge >= 0.3 is 0 Å². The van der Waals surface area contributed by atoms with E-state index in [4.69, 9.17) is 16.3 Å². The molecule has 1 rings (SSSR count). The van der Waals surface area contributed by atoms with Crippen LogP contribution < -0.4 is 5.32 Å². The van der Waals surface area contributed by atoms with E-state index in [-0.39, 0.29) is 10.7 Å². The van der Waals surface area contributed by atoms with E-state index >= 15 is 0 Å². The molecule has 0 radical (unpaired) electrons. The molecule has 0 aliphatic heterocycles. The summed E-state index contributed by atoms with van der Waals surface area (Å²) in [6.45, 7) is 1.56. The molecular formula is C10H10BrClFNO2. The minimum Gasteiger partial charge on any atom is -0.372 e. The minimum atomic E-state index is -0.673. The van der Waals surface area contributed by atoms with Crippen molar-refractivity contribution in [2.75, 3.05) is 12.4 Å². The number of benzene rings is 1. The summed E-state index contributed by atoms with van der Waals surface area (Å²) in [7, 11) is 1.40. The topological polar surface area (TPSA) is 38.3 Å². The number of carbonyl (C=O) groups excluding carboxylic acids is 1. The lowest BCUT2D eigenvalue weighted by molar-refractivity contribution is -0.124. The van der Waals surface area contributed by atoms with E-state index < -0.39 is 17.8 Å². The molecule has 1 atom stereocenters. The molecule has 1 unspecified atom stereocenters. The van der Waals surface area contributed by atoms with E-state index in [0.29, 0.717) is 4.47 Å². The second-order valence-corrected chi connectivity index (χ2v) is 4.32. The summed E-state index contributed by atoms with van der Waals surface area (Å²) in [6, 6.07) is 2.98. The fraction of sp³-hybridized carbons (Fsp3) is 0.300. The number of carbonyl (C=O) groups is 1. The van der Waals surface area contributed by atoms with Gasteiger partial charge < -0.3 is 10.1 Å². The molecule has 0 aliphatic rings. The molecule has 0 spiro atoms. The van der Waals surface area contributed by atoms with Crippen LogP contribution in [0.2, 0.25) is 5.02 Å². The Labute approximate surface area is 106 Å². The Morgan fingerprint density at radius 1 is 1.62 bits per heavy atom. The van der Waals surface area contributed by atoms with Crippen LogP contribution in [-0.4, -0.2) is 19.1 Å². The first-order valence-corrected chi connectivity index (χ1v) is 5.61. The second kappa shape index (κ2) is 5.61. The lowest BCUT2D eigenvalue weighted by Crippen LogP contribution is -2.26. The third-order valence-corrected chi connectivity index (χ3v) is 3.27. The predicted octanol–water partition coefficient (Wildman–Crippen LogP) is 3.22. The number of ether oxygens (including phenoxy) is 1. The zero-order chi connectivity index (χ0) is 12.3. The minimum absolute atomic E-state index is 0.0297. The predicted molar refractivity (Wildman–Crippen MR) is 64.2 cm³/mol. The maximum Gasteiger partial charge on any atom is 0.253 e. The average Bonchev–Trinajstić information content (AvgIpc) is 2.28. The molecule has 0 aliphatic carbocycles. The number of hydrogen-bond acceptors (Lipinski definition) is 2. The molecule has 0 fully saturated rings. The Kier molecular flexibility index (Phi) is 4.70. The highest BCUT2D eigenvalue weighted by Crippen LogP contribution is 2.30. The van der Waals surface area contributed by atoms with E-state index in [9.17, 15) is 9.18 Å². The molecule has 1 aromatic carbocycles. The number of nitrogens with one attached hydrogen (secondary N) is 1. The van der Waals surface area contributed by atoms with Crippen molar-refractivity contribution in [3.8, 4) is 0 Å². The van der Waals surface area contributed by atoms with Gasteiger partial charge in [-0.1, -0.05) is 11.6 Å². The van der Waals surface area contributed by atoms with Crippen LogP contribution in [0.3, 0.4) is 0 Å². The Hall–Kier alpha value is -0.650. The smallest absolute Gasteiger partial charge is 0.253 e. The van der Waals surface area contributed by atoms with E-state index in [2.05, 4.69) is 21.2 Å². The van der Waals surface area contributed by atoms with Crippen LogP contribution in [0.5, 0.6) is 0 Å². The number of amides is 1. The molecule has 16 heavy (non-hydrogen) atoms. The van der Waals surface area contributed by atoms with Gasteiger partial charge in [-0.05, 0) is 35.0 Å². The third-order valence-electron chi connectivity index (χ3n) is 2.02. The lowest BCUT2D eigenvalue weighted by Gasteiger charge is -2.11. The number of hydrogen-bond donors (Lipinski definition) is 1. The largest absolute Gasteiger partial charge is 0.372 e. The summed E-state index contributed by atoms with van der Waals surface area (Å²) in [5.41, 5.74) is 0.0297. The van der Waals surface area contributed by atoms with Gasteiger partial charge in [0.25, 0.3) is 5.91 Å². The summed E-state index contributed by atoms with van der Waals surface area (Å²) < 4.78 is 18.8. The van der Waals surface area contributed by atoms with Crippen LogP contribution in [0.1, 0.15) is 6.92 Å². The van der Waals surface area contributed by atoms with E-state index in [1.165, 1.54) is 13.2 Å². The van der Waals surface area contributed by atoms with Crippen LogP contribution in [0.25, 0.3) is 0 Å². The molecule has 6 heteroatoms. The summed E-state index contributed by atoms with van der Waals surface area (Å²) in [6.07, 6.45) is -0.651. The van der Waals surface area contributed by atoms with E-state index in [1.807, 2.05) is 0 Å². The fourth-order valence-electron chi connectivity index (χ4n) is 0.964. The summed E-state index contributed by atoms with van der Waals surface area (Å²) in [4.78, 5) is 11.4. The number of rotatable bonds is 3. The van der Waals surface area contributed by atoms with Crippen molar-refractivity contribution in [1.82, 2.24) is 0 Å². The highest BCUT2D eigenvalue weighted by atomic mass is 79.9. The number of halogens is 3. The monoisotopic (exact) mass is 309 g/mol. The normalized spacial score (nSPS) is 12.3. The van der Waals surface area contributed by atoms with Gasteiger partial charge in [0.2, 0.25) is 0 Å². The number of methoxy groups -OCH3 is 1. The molecule has 0 bridgehead atoms. The molecule has 88 valence electrons. The molecule has 0 saturated heterocycles. The van der Waals surface area contributed by atoms with Crippen LogP contribution in [0, 0.1) is 5.82 Å². The molecule has 1 N–H and O–H groups in total. The van der Waals surface area contributed by atoms with E-state index in [0.717, 1.165) is 0 Å². The quantitative estimate of drug-likeness (QED) is 0.871. The molecule has 3 nitrogen and oxygen atoms in total. The first-order valence-electron chi connectivity index (χ1n) is 4.44. The van der Waals surface area contributed by atoms with Crippen molar-refractivity contribution in [3.63, 3.8) is 0 Å². The second-order valence-electron chi connectivity index (χ2n) is 3.09. The zero-order valence-electron chi connectivity index (χ0n) is 8.68. The van der Waals surface area contributed by atoms with Crippen molar-refractivity contribution in [3.05, 3.63) is 27.4 Å². The van der Waals surface area contributed by atoms with Gasteiger partial charge in [-0.2, -0.15) is 0 Å². The average molecular weight is 311 g/mol. The first-order chi connectivity index (χ1) is 7.47. The van der Waals surface area contributed by atoms with Crippen molar-refractivity contribution in [2.45, 2.75) is 13.0 Å². The fourth-order valence-corrected chi connectivity index (χ4v) is 1.43. The van der Waals surface area contributed by atoms with Crippen LogP contribution in [0.4, 0.5) is 10.1 Å². The maximum atomic E-state index is 13.6. The van der Waals surface area contributed by atoms with Crippen molar-refractivity contribution >= 4 is 39.1 Å². The Morgan fingerprint density at radius 2 is 2.25 bits per heavy atom. The van der Waals surface area contributed by atoms with Crippen LogP contribution >= 0.6 is 27.5 Å². The van der Waals surface area contributed by atoms with Gasteiger partial charge in [-0.25, -0.2) is 4.39 Å². The SMILES string of the molecule is COC(C)C(=O)Nc1ccc(Br)c(Cl)c1F. The van der Waals surface area contributed by atoms with Gasteiger partial charge in [-0.15, -0.1) is 0 Å². The van der Waals surface area contributed by atoms with Gasteiger partial charge in [0.15, 0.2) is 5.82 Å². The Balaban J connectivity index is 2.91. The summed E-state index contributed by atoms with van der Waals surface area (Å²) >= 11 is 8.75. The Bertz CT molecular complexity index is 414. The van der Waals surface area contributed by atoms with Gasteiger partial charge in [0, 0.05) is 11.6 Å². The zero-order valence-corrected chi connectivity index (χ0v) is 11.0. The molecule has 0 saturated carbocycles. The molecule has 1 amide bonds. The van der Waals surface area contributed by atoms with Crippen LogP contribution in [-0.2, 0) is 9.53 Å². The highest BCUT2D eigenvalue weighted by molar-refractivity contribution is 9.10. The first kappa shape index (κ1) is 13.4. The van der Waals surface area contributed by atoms with Crippen LogP contribution in [0.15, 0.2) is 16.6 Å².